The Morgan fingerprint density at radius 1 is 1.32 bits per heavy atom. The summed E-state index contributed by atoms with van der Waals surface area (Å²) in [5, 5.41) is 4.12. The highest BCUT2D eigenvalue weighted by atomic mass is 35.5. The average Bonchev–Trinajstić information content (AvgIpc) is 2.60. The third kappa shape index (κ3) is 3.48. The molecule has 7 nitrogen and oxygen atoms in total. The van der Waals surface area contributed by atoms with Crippen molar-refractivity contribution >= 4 is 39.2 Å². The van der Waals surface area contributed by atoms with Crippen LogP contribution in [0.25, 0.3) is 10.8 Å². The number of halogens is 1. The van der Waals surface area contributed by atoms with E-state index in [9.17, 15) is 13.2 Å². The van der Waals surface area contributed by atoms with Crippen LogP contribution in [0, 0.1) is 0 Å². The Balaban J connectivity index is 0.00000225. The number of fused-ring (bicyclic) bond motifs is 1. The Labute approximate surface area is 152 Å². The van der Waals surface area contributed by atoms with Crippen molar-refractivity contribution in [1.82, 2.24) is 14.6 Å². The Kier molecular flexibility index (Phi) is 5.99. The van der Waals surface area contributed by atoms with Gasteiger partial charge in [0.1, 0.15) is 0 Å². The summed E-state index contributed by atoms with van der Waals surface area (Å²) in [6.07, 6.45) is 1.43. The van der Waals surface area contributed by atoms with Crippen LogP contribution in [0.2, 0.25) is 0 Å². The normalized spacial score (nSPS) is 18.6. The number of pyridine rings is 1. The molecule has 3 rings (SSSR count). The number of esters is 1. The summed E-state index contributed by atoms with van der Waals surface area (Å²) in [7, 11) is -2.40. The van der Waals surface area contributed by atoms with Gasteiger partial charge >= 0.3 is 5.97 Å². The van der Waals surface area contributed by atoms with E-state index in [-0.39, 0.29) is 29.0 Å². The molecule has 1 aliphatic rings. The molecule has 0 spiro atoms. The topological polar surface area (TPSA) is 88.6 Å². The number of carbonyl (C=O) groups is 1. The Hall–Kier alpha value is -1.74. The summed E-state index contributed by atoms with van der Waals surface area (Å²) in [4.78, 5) is 16.1. The van der Waals surface area contributed by atoms with Crippen molar-refractivity contribution in [2.24, 2.45) is 0 Å². The number of rotatable bonds is 3. The molecular weight excluding hydrogens is 366 g/mol. The van der Waals surface area contributed by atoms with E-state index in [1.807, 2.05) is 6.92 Å². The lowest BCUT2D eigenvalue weighted by Gasteiger charge is -2.33. The molecular formula is C16H20ClN3O4S. The van der Waals surface area contributed by atoms with Gasteiger partial charge in [-0.2, -0.15) is 4.31 Å². The highest BCUT2D eigenvalue weighted by Gasteiger charge is 2.32. The van der Waals surface area contributed by atoms with Crippen LogP contribution < -0.4 is 5.32 Å². The average molecular weight is 386 g/mol. The molecule has 1 unspecified atom stereocenters. The van der Waals surface area contributed by atoms with Gasteiger partial charge in [0, 0.05) is 42.6 Å². The molecule has 0 aliphatic carbocycles. The van der Waals surface area contributed by atoms with Crippen molar-refractivity contribution in [3.63, 3.8) is 0 Å². The molecule has 1 saturated heterocycles. The lowest BCUT2D eigenvalue weighted by Crippen LogP contribution is -2.52. The number of benzene rings is 1. The van der Waals surface area contributed by atoms with Crippen molar-refractivity contribution in [2.45, 2.75) is 17.9 Å². The van der Waals surface area contributed by atoms with Gasteiger partial charge in [0.2, 0.25) is 10.0 Å². The first-order valence-corrected chi connectivity index (χ1v) is 9.09. The summed E-state index contributed by atoms with van der Waals surface area (Å²) in [5.41, 5.74) is 0.111. The first-order valence-electron chi connectivity index (χ1n) is 7.65. The molecule has 1 aliphatic heterocycles. The summed E-state index contributed by atoms with van der Waals surface area (Å²) < 4.78 is 32.5. The number of aromatic nitrogens is 1. The molecule has 9 heteroatoms. The Bertz CT molecular complexity index is 888. The zero-order valence-corrected chi connectivity index (χ0v) is 15.6. The SMILES string of the molecule is COC(=O)c1nccc2c(S(=O)(=O)N3CCNCC3C)cccc12.Cl. The minimum Gasteiger partial charge on any atom is -0.464 e. The second kappa shape index (κ2) is 7.65. The molecule has 0 bridgehead atoms. The molecule has 2 aromatic rings. The monoisotopic (exact) mass is 385 g/mol. The zero-order chi connectivity index (χ0) is 17.3. The van der Waals surface area contributed by atoms with Crippen molar-refractivity contribution in [3.05, 3.63) is 36.2 Å². The largest absolute Gasteiger partial charge is 0.464 e. The van der Waals surface area contributed by atoms with Gasteiger partial charge in [-0.3, -0.25) is 0 Å². The number of sulfonamides is 1. The first kappa shape index (κ1) is 19.6. The summed E-state index contributed by atoms with van der Waals surface area (Å²) in [6.45, 7) is 3.51. The van der Waals surface area contributed by atoms with Crippen LogP contribution in [0.1, 0.15) is 17.4 Å². The van der Waals surface area contributed by atoms with E-state index in [0.717, 1.165) is 0 Å². The predicted molar refractivity (Wildman–Crippen MR) is 96.6 cm³/mol. The maximum atomic E-state index is 13.1. The maximum Gasteiger partial charge on any atom is 0.357 e. The number of carbonyl (C=O) groups excluding carboxylic acids is 1. The van der Waals surface area contributed by atoms with E-state index in [0.29, 0.717) is 30.4 Å². The fourth-order valence-corrected chi connectivity index (χ4v) is 4.81. The minimum atomic E-state index is -3.67. The molecule has 1 N–H and O–H groups in total. The number of nitrogens with one attached hydrogen (secondary N) is 1. The van der Waals surface area contributed by atoms with E-state index < -0.39 is 16.0 Å². The quantitative estimate of drug-likeness (QED) is 0.804. The summed E-state index contributed by atoms with van der Waals surface area (Å²) in [6, 6.07) is 6.33. The number of ether oxygens (including phenoxy) is 1. The molecule has 0 radical (unpaired) electrons. The molecule has 2 heterocycles. The molecule has 0 saturated carbocycles. The summed E-state index contributed by atoms with van der Waals surface area (Å²) >= 11 is 0. The van der Waals surface area contributed by atoms with Crippen molar-refractivity contribution in [1.29, 1.82) is 0 Å². The van der Waals surface area contributed by atoms with Crippen LogP contribution in [0.5, 0.6) is 0 Å². The molecule has 1 aromatic carbocycles. The number of hydrogen-bond donors (Lipinski definition) is 1. The smallest absolute Gasteiger partial charge is 0.357 e. The van der Waals surface area contributed by atoms with Crippen molar-refractivity contribution < 1.29 is 17.9 Å². The molecule has 0 amide bonds. The number of nitrogens with zero attached hydrogens (tertiary/aromatic N) is 2. The maximum absolute atomic E-state index is 13.1. The fraction of sp³-hybridized carbons (Fsp3) is 0.375. The summed E-state index contributed by atoms with van der Waals surface area (Å²) in [5.74, 6) is -0.592. The van der Waals surface area contributed by atoms with Crippen molar-refractivity contribution in [2.75, 3.05) is 26.7 Å². The van der Waals surface area contributed by atoms with Crippen LogP contribution in [0.4, 0.5) is 0 Å². The molecule has 1 atom stereocenters. The lowest BCUT2D eigenvalue weighted by atomic mass is 10.1. The predicted octanol–water partition coefficient (Wildman–Crippen LogP) is 1.43. The van der Waals surface area contributed by atoms with E-state index in [4.69, 9.17) is 4.74 Å². The standard InChI is InChI=1S/C16H19N3O4S.ClH/c1-11-10-17-8-9-19(11)24(21,22)14-5-3-4-13-12(14)6-7-18-15(13)16(20)23-2;/h3-7,11,17H,8-10H2,1-2H3;1H. The number of hydrogen-bond acceptors (Lipinski definition) is 6. The molecule has 1 fully saturated rings. The van der Waals surface area contributed by atoms with E-state index in [1.165, 1.54) is 17.6 Å². The van der Waals surface area contributed by atoms with Gasteiger partial charge in [0.05, 0.1) is 12.0 Å². The van der Waals surface area contributed by atoms with Gasteiger partial charge in [0.15, 0.2) is 5.69 Å². The van der Waals surface area contributed by atoms with Crippen LogP contribution in [0.15, 0.2) is 35.4 Å². The van der Waals surface area contributed by atoms with Gasteiger partial charge in [-0.1, -0.05) is 12.1 Å². The lowest BCUT2D eigenvalue weighted by molar-refractivity contribution is 0.0596. The molecule has 1 aromatic heterocycles. The van der Waals surface area contributed by atoms with Gasteiger partial charge in [0.25, 0.3) is 0 Å². The molecule has 136 valence electrons. The van der Waals surface area contributed by atoms with Crippen LogP contribution >= 0.6 is 12.4 Å². The number of piperazine rings is 1. The van der Waals surface area contributed by atoms with Gasteiger partial charge in [-0.25, -0.2) is 18.2 Å². The van der Waals surface area contributed by atoms with Gasteiger partial charge in [-0.05, 0) is 19.1 Å². The highest BCUT2D eigenvalue weighted by molar-refractivity contribution is 7.89. The van der Waals surface area contributed by atoms with Gasteiger partial charge in [-0.15, -0.1) is 12.4 Å². The van der Waals surface area contributed by atoms with Gasteiger partial charge < -0.3 is 10.1 Å². The fourth-order valence-electron chi connectivity index (χ4n) is 2.97. The Morgan fingerprint density at radius 3 is 2.76 bits per heavy atom. The minimum absolute atomic E-state index is 0. The zero-order valence-electron chi connectivity index (χ0n) is 13.9. The molecule has 25 heavy (non-hydrogen) atoms. The van der Waals surface area contributed by atoms with Crippen LogP contribution in [0.3, 0.4) is 0 Å². The van der Waals surface area contributed by atoms with E-state index in [1.54, 1.807) is 24.3 Å². The van der Waals surface area contributed by atoms with Crippen LogP contribution in [-0.2, 0) is 14.8 Å². The van der Waals surface area contributed by atoms with E-state index in [2.05, 4.69) is 10.3 Å². The highest BCUT2D eigenvalue weighted by Crippen LogP contribution is 2.28. The first-order chi connectivity index (χ1) is 11.5. The second-order valence-electron chi connectivity index (χ2n) is 5.67. The third-order valence-electron chi connectivity index (χ3n) is 4.17. The third-order valence-corrected chi connectivity index (χ3v) is 6.24. The van der Waals surface area contributed by atoms with Crippen molar-refractivity contribution in [3.8, 4) is 0 Å². The second-order valence-corrected chi connectivity index (χ2v) is 7.53. The van der Waals surface area contributed by atoms with Crippen LogP contribution in [-0.4, -0.2) is 56.5 Å². The Morgan fingerprint density at radius 2 is 2.08 bits per heavy atom. The van der Waals surface area contributed by atoms with E-state index >= 15 is 0 Å². The number of methoxy groups -OCH3 is 1.